The van der Waals surface area contributed by atoms with E-state index in [2.05, 4.69) is 17.6 Å². The molecule has 108 valence electrons. The van der Waals surface area contributed by atoms with Crippen LogP contribution in [0.3, 0.4) is 0 Å². The summed E-state index contributed by atoms with van der Waals surface area (Å²) in [6.45, 7) is 3.41. The number of hydrogen-bond donors (Lipinski definition) is 1. The maximum Gasteiger partial charge on any atom is 0.142 e. The van der Waals surface area contributed by atoms with Gasteiger partial charge in [0.2, 0.25) is 0 Å². The van der Waals surface area contributed by atoms with Crippen molar-refractivity contribution in [3.63, 3.8) is 0 Å². The van der Waals surface area contributed by atoms with Crippen LogP contribution in [0, 0.1) is 0 Å². The van der Waals surface area contributed by atoms with Crippen LogP contribution in [0.1, 0.15) is 12.5 Å². The molecule has 3 rings (SSSR count). The van der Waals surface area contributed by atoms with Crippen molar-refractivity contribution in [1.82, 2.24) is 9.55 Å². The van der Waals surface area contributed by atoms with Crippen LogP contribution in [0.5, 0.6) is 0 Å². The fraction of sp³-hybridized carbons (Fsp3) is 0.188. The van der Waals surface area contributed by atoms with E-state index in [0.717, 1.165) is 34.5 Å². The normalized spacial score (nSPS) is 11.2. The fourth-order valence-corrected chi connectivity index (χ4v) is 2.99. The summed E-state index contributed by atoms with van der Waals surface area (Å²) in [7, 11) is 0. The van der Waals surface area contributed by atoms with Gasteiger partial charge in [-0.3, -0.25) is 0 Å². The Morgan fingerprint density at radius 3 is 2.62 bits per heavy atom. The van der Waals surface area contributed by atoms with E-state index >= 15 is 0 Å². The molecule has 0 aliphatic carbocycles. The largest absolute Gasteiger partial charge is 0.326 e. The molecule has 0 atom stereocenters. The lowest BCUT2D eigenvalue weighted by Gasteiger charge is -2.08. The summed E-state index contributed by atoms with van der Waals surface area (Å²) in [4.78, 5) is 4.73. The molecular weight excluding hydrogens is 305 g/mol. The first-order chi connectivity index (χ1) is 10.1. The molecule has 0 bridgehead atoms. The number of nitrogens with zero attached hydrogens (tertiary/aromatic N) is 2. The van der Waals surface area contributed by atoms with Gasteiger partial charge >= 0.3 is 0 Å². The molecule has 0 radical (unpaired) electrons. The van der Waals surface area contributed by atoms with Gasteiger partial charge in [-0.15, -0.1) is 0 Å². The van der Waals surface area contributed by atoms with Crippen LogP contribution in [-0.4, -0.2) is 9.55 Å². The molecule has 0 saturated carbocycles. The molecule has 0 aliphatic rings. The van der Waals surface area contributed by atoms with Crippen LogP contribution in [0.15, 0.2) is 36.4 Å². The van der Waals surface area contributed by atoms with Crippen LogP contribution < -0.4 is 5.73 Å². The number of aryl methyl sites for hydroxylation is 1. The van der Waals surface area contributed by atoms with Gasteiger partial charge in [0.25, 0.3) is 0 Å². The van der Waals surface area contributed by atoms with Gasteiger partial charge in [0.05, 0.1) is 16.1 Å². The molecule has 0 unspecified atom stereocenters. The van der Waals surface area contributed by atoms with E-state index in [4.69, 9.17) is 33.9 Å². The van der Waals surface area contributed by atoms with E-state index in [1.165, 1.54) is 0 Å². The lowest BCUT2D eigenvalue weighted by molar-refractivity contribution is 0.796. The standard InChI is InChI=1S/C16H15Cl2N3/c1-2-21-15-6-3-10(9-19)7-14(15)20-16(21)12-5-4-11(17)8-13(12)18/h3-8H,2,9,19H2,1H3. The molecule has 5 heteroatoms. The summed E-state index contributed by atoms with van der Waals surface area (Å²) in [6.07, 6.45) is 0. The lowest BCUT2D eigenvalue weighted by Crippen LogP contribution is -1.98. The van der Waals surface area contributed by atoms with Crippen molar-refractivity contribution in [2.45, 2.75) is 20.0 Å². The minimum Gasteiger partial charge on any atom is -0.326 e. The highest BCUT2D eigenvalue weighted by molar-refractivity contribution is 6.36. The first-order valence-corrected chi connectivity index (χ1v) is 7.54. The van der Waals surface area contributed by atoms with Gasteiger partial charge in [-0.05, 0) is 42.8 Å². The molecule has 0 spiro atoms. The first kappa shape index (κ1) is 14.4. The van der Waals surface area contributed by atoms with E-state index in [1.54, 1.807) is 6.07 Å². The molecule has 2 N–H and O–H groups in total. The monoisotopic (exact) mass is 319 g/mol. The predicted molar refractivity (Wildman–Crippen MR) is 88.8 cm³/mol. The fourth-order valence-electron chi connectivity index (χ4n) is 2.50. The Kier molecular flexibility index (Phi) is 3.89. The van der Waals surface area contributed by atoms with Gasteiger partial charge in [-0.1, -0.05) is 29.3 Å². The maximum atomic E-state index is 6.32. The predicted octanol–water partition coefficient (Wildman–Crippen LogP) is 4.49. The first-order valence-electron chi connectivity index (χ1n) is 6.78. The van der Waals surface area contributed by atoms with Crippen LogP contribution in [0.4, 0.5) is 0 Å². The van der Waals surface area contributed by atoms with Crippen molar-refractivity contribution >= 4 is 34.2 Å². The molecule has 0 saturated heterocycles. The van der Waals surface area contributed by atoms with Crippen molar-refractivity contribution in [2.24, 2.45) is 5.73 Å². The summed E-state index contributed by atoms with van der Waals surface area (Å²) in [5, 5.41) is 1.22. The Balaban J connectivity index is 2.26. The zero-order chi connectivity index (χ0) is 15.0. The number of rotatable bonds is 3. The molecule has 0 aliphatic heterocycles. The van der Waals surface area contributed by atoms with Gasteiger partial charge in [-0.2, -0.15) is 0 Å². The number of halogens is 2. The zero-order valence-electron chi connectivity index (χ0n) is 11.6. The summed E-state index contributed by atoms with van der Waals surface area (Å²) in [5.74, 6) is 0.850. The number of imidazole rings is 1. The molecule has 0 fully saturated rings. The third kappa shape index (κ3) is 2.53. The van der Waals surface area contributed by atoms with Crippen LogP contribution in [-0.2, 0) is 13.1 Å². The molecule has 2 aromatic carbocycles. The lowest BCUT2D eigenvalue weighted by atomic mass is 10.2. The second-order valence-electron chi connectivity index (χ2n) is 4.83. The number of hydrogen-bond acceptors (Lipinski definition) is 2. The van der Waals surface area contributed by atoms with Crippen LogP contribution >= 0.6 is 23.2 Å². The maximum absolute atomic E-state index is 6.32. The quantitative estimate of drug-likeness (QED) is 0.773. The highest BCUT2D eigenvalue weighted by atomic mass is 35.5. The molecular formula is C16H15Cl2N3. The van der Waals surface area contributed by atoms with Gasteiger partial charge in [0.15, 0.2) is 0 Å². The van der Waals surface area contributed by atoms with E-state index in [1.807, 2.05) is 24.3 Å². The van der Waals surface area contributed by atoms with E-state index in [9.17, 15) is 0 Å². The van der Waals surface area contributed by atoms with Crippen LogP contribution in [0.2, 0.25) is 10.0 Å². The molecule has 21 heavy (non-hydrogen) atoms. The minimum absolute atomic E-state index is 0.506. The van der Waals surface area contributed by atoms with Crippen LogP contribution in [0.25, 0.3) is 22.4 Å². The topological polar surface area (TPSA) is 43.8 Å². The highest BCUT2D eigenvalue weighted by Gasteiger charge is 2.14. The third-order valence-corrected chi connectivity index (χ3v) is 4.08. The summed E-state index contributed by atoms with van der Waals surface area (Å²) in [6, 6.07) is 11.6. The Morgan fingerprint density at radius 2 is 1.95 bits per heavy atom. The highest BCUT2D eigenvalue weighted by Crippen LogP contribution is 2.32. The van der Waals surface area contributed by atoms with Gasteiger partial charge in [0.1, 0.15) is 5.82 Å². The molecule has 1 aromatic heterocycles. The SMILES string of the molecule is CCn1c(-c2ccc(Cl)cc2Cl)nc2cc(CN)ccc21. The van der Waals surface area contributed by atoms with Crippen molar-refractivity contribution in [3.8, 4) is 11.4 Å². The zero-order valence-corrected chi connectivity index (χ0v) is 13.1. The average Bonchev–Trinajstić information content (AvgIpc) is 2.84. The summed E-state index contributed by atoms with van der Waals surface area (Å²) < 4.78 is 2.14. The molecule has 0 amide bonds. The van der Waals surface area contributed by atoms with E-state index in [-0.39, 0.29) is 0 Å². The van der Waals surface area contributed by atoms with Crippen molar-refractivity contribution in [2.75, 3.05) is 0 Å². The molecule has 3 nitrogen and oxygen atoms in total. The minimum atomic E-state index is 0.506. The number of fused-ring (bicyclic) bond motifs is 1. The number of nitrogens with two attached hydrogens (primary N) is 1. The van der Waals surface area contributed by atoms with Gasteiger partial charge in [-0.25, -0.2) is 4.98 Å². The Hall–Kier alpha value is -1.55. The second kappa shape index (κ2) is 5.68. The second-order valence-corrected chi connectivity index (χ2v) is 5.67. The van der Waals surface area contributed by atoms with E-state index in [0.29, 0.717) is 16.6 Å². The van der Waals surface area contributed by atoms with Crippen molar-refractivity contribution in [1.29, 1.82) is 0 Å². The summed E-state index contributed by atoms with van der Waals surface area (Å²) >= 11 is 12.3. The smallest absolute Gasteiger partial charge is 0.142 e. The summed E-state index contributed by atoms with van der Waals surface area (Å²) in [5.41, 5.74) is 9.66. The van der Waals surface area contributed by atoms with Gasteiger partial charge < -0.3 is 10.3 Å². The Labute approximate surface area is 133 Å². The Bertz CT molecular complexity index is 809. The third-order valence-electron chi connectivity index (χ3n) is 3.54. The number of aromatic nitrogens is 2. The van der Waals surface area contributed by atoms with Crippen molar-refractivity contribution < 1.29 is 0 Å². The van der Waals surface area contributed by atoms with E-state index < -0.39 is 0 Å². The average molecular weight is 320 g/mol. The molecule has 1 heterocycles. The number of benzene rings is 2. The van der Waals surface area contributed by atoms with Gasteiger partial charge in [0, 0.05) is 23.7 Å². The van der Waals surface area contributed by atoms with Crippen molar-refractivity contribution in [3.05, 3.63) is 52.0 Å². The Morgan fingerprint density at radius 1 is 1.14 bits per heavy atom. The molecule has 3 aromatic rings.